The van der Waals surface area contributed by atoms with Crippen molar-refractivity contribution >= 4 is 53.7 Å². The van der Waals surface area contributed by atoms with Crippen LogP contribution in [-0.4, -0.2) is 48.6 Å². The van der Waals surface area contributed by atoms with Gasteiger partial charge in [-0.15, -0.1) is 0 Å². The lowest BCUT2D eigenvalue weighted by atomic mass is 10.1. The van der Waals surface area contributed by atoms with E-state index in [1.54, 1.807) is 7.11 Å². The van der Waals surface area contributed by atoms with Crippen molar-refractivity contribution in [3.05, 3.63) is 25.0 Å². The fourth-order valence-corrected chi connectivity index (χ4v) is 6.21. The molecule has 22 heavy (non-hydrogen) atoms. The van der Waals surface area contributed by atoms with Gasteiger partial charge in [0.1, 0.15) is 5.75 Å². The van der Waals surface area contributed by atoms with E-state index >= 15 is 0 Å². The molecule has 0 bridgehead atoms. The molecule has 0 spiro atoms. The first-order chi connectivity index (χ1) is 10.5. The zero-order valence-electron chi connectivity index (χ0n) is 12.4. The topological polar surface area (TPSA) is 32.8 Å². The standard InChI is InChI=1S/C15H17Br3N2O2/c1-19-12(20-5-3-4-11(20)15(19)21)6-8-9(16)7-10(17)14(22-2)13(8)18/h7,11-12H,3-6H2,1-2H3/t11-,12-/m0/s1. The highest BCUT2D eigenvalue weighted by Gasteiger charge is 2.46. The lowest BCUT2D eigenvalue weighted by molar-refractivity contribution is -0.128. The Kier molecular flexibility index (Phi) is 4.88. The molecule has 0 unspecified atom stereocenters. The third-order valence-electron chi connectivity index (χ3n) is 4.57. The van der Waals surface area contributed by atoms with E-state index < -0.39 is 0 Å². The molecule has 1 aromatic rings. The summed E-state index contributed by atoms with van der Waals surface area (Å²) in [6, 6.07) is 2.07. The number of rotatable bonds is 3. The van der Waals surface area contributed by atoms with Crippen LogP contribution in [0, 0.1) is 0 Å². The lowest BCUT2D eigenvalue weighted by Crippen LogP contribution is -2.39. The average molecular weight is 497 g/mol. The van der Waals surface area contributed by atoms with E-state index in [4.69, 9.17) is 4.74 Å². The zero-order chi connectivity index (χ0) is 16.0. The van der Waals surface area contributed by atoms with Crippen LogP contribution in [0.1, 0.15) is 18.4 Å². The van der Waals surface area contributed by atoms with E-state index in [1.165, 1.54) is 0 Å². The van der Waals surface area contributed by atoms with Crippen LogP contribution in [0.4, 0.5) is 0 Å². The summed E-state index contributed by atoms with van der Waals surface area (Å²) in [6.07, 6.45) is 2.96. The Bertz CT molecular complexity index is 623. The number of methoxy groups -OCH3 is 1. The minimum atomic E-state index is 0.0740. The highest BCUT2D eigenvalue weighted by molar-refractivity contribution is 9.11. The van der Waals surface area contributed by atoms with E-state index in [-0.39, 0.29) is 18.1 Å². The van der Waals surface area contributed by atoms with Gasteiger partial charge in [-0.2, -0.15) is 0 Å². The third kappa shape index (κ3) is 2.64. The van der Waals surface area contributed by atoms with Crippen molar-refractivity contribution < 1.29 is 9.53 Å². The molecule has 120 valence electrons. The van der Waals surface area contributed by atoms with Crippen molar-refractivity contribution in [3.63, 3.8) is 0 Å². The fraction of sp³-hybridized carbons (Fsp3) is 0.533. The Labute approximate surface area is 155 Å². The highest BCUT2D eigenvalue weighted by atomic mass is 79.9. The van der Waals surface area contributed by atoms with Crippen molar-refractivity contribution in [3.8, 4) is 5.75 Å². The molecule has 2 saturated heterocycles. The molecular weight excluding hydrogens is 480 g/mol. The molecule has 0 saturated carbocycles. The number of carbonyl (C=O) groups is 1. The first-order valence-electron chi connectivity index (χ1n) is 7.18. The van der Waals surface area contributed by atoms with Crippen LogP contribution in [-0.2, 0) is 11.2 Å². The van der Waals surface area contributed by atoms with Crippen LogP contribution >= 0.6 is 47.8 Å². The normalized spacial score (nSPS) is 25.0. The van der Waals surface area contributed by atoms with Gasteiger partial charge in [0, 0.05) is 24.5 Å². The highest BCUT2D eigenvalue weighted by Crippen LogP contribution is 2.42. The van der Waals surface area contributed by atoms with Gasteiger partial charge in [0.05, 0.1) is 28.3 Å². The Morgan fingerprint density at radius 1 is 1.32 bits per heavy atom. The van der Waals surface area contributed by atoms with Crippen LogP contribution in [0.25, 0.3) is 0 Å². The molecule has 2 fully saturated rings. The molecule has 2 aliphatic rings. The monoisotopic (exact) mass is 494 g/mol. The van der Waals surface area contributed by atoms with E-state index in [0.717, 1.165) is 50.5 Å². The summed E-state index contributed by atoms with van der Waals surface area (Å²) in [7, 11) is 3.56. The van der Waals surface area contributed by atoms with Gasteiger partial charge in [0.15, 0.2) is 0 Å². The van der Waals surface area contributed by atoms with Crippen LogP contribution in [0.2, 0.25) is 0 Å². The number of halogens is 3. The molecule has 1 aromatic carbocycles. The minimum Gasteiger partial charge on any atom is -0.494 e. The minimum absolute atomic E-state index is 0.0740. The number of likely N-dealkylation sites (N-methyl/N-ethyl adjacent to an activating group) is 1. The molecule has 3 rings (SSSR count). The van der Waals surface area contributed by atoms with Gasteiger partial charge in [-0.1, -0.05) is 15.9 Å². The number of carbonyl (C=O) groups excluding carboxylic acids is 1. The van der Waals surface area contributed by atoms with E-state index in [9.17, 15) is 4.79 Å². The van der Waals surface area contributed by atoms with Gasteiger partial charge in [-0.25, -0.2) is 0 Å². The van der Waals surface area contributed by atoms with E-state index in [0.29, 0.717) is 0 Å². The SMILES string of the molecule is COc1c(Br)cc(Br)c(C[C@H]2N(C)C(=O)[C@@H]3CCCN32)c1Br. The summed E-state index contributed by atoms with van der Waals surface area (Å²) in [4.78, 5) is 16.6. The fourth-order valence-electron chi connectivity index (χ4n) is 3.44. The van der Waals surface area contributed by atoms with Crippen molar-refractivity contribution in [2.75, 3.05) is 20.7 Å². The Balaban J connectivity index is 1.95. The number of nitrogens with zero attached hydrogens (tertiary/aromatic N) is 2. The predicted octanol–water partition coefficient (Wildman–Crippen LogP) is 3.79. The van der Waals surface area contributed by atoms with Crippen molar-refractivity contribution in [1.82, 2.24) is 9.80 Å². The van der Waals surface area contributed by atoms with Crippen molar-refractivity contribution in [1.29, 1.82) is 0 Å². The predicted molar refractivity (Wildman–Crippen MR) is 96.1 cm³/mol. The number of benzene rings is 1. The first-order valence-corrected chi connectivity index (χ1v) is 9.56. The summed E-state index contributed by atoms with van der Waals surface area (Å²) in [5, 5.41) is 0. The molecule has 4 nitrogen and oxygen atoms in total. The van der Waals surface area contributed by atoms with Crippen LogP contribution in [0.15, 0.2) is 19.5 Å². The summed E-state index contributed by atoms with van der Waals surface area (Å²) in [5.41, 5.74) is 1.12. The lowest BCUT2D eigenvalue weighted by Gasteiger charge is -2.27. The number of fused-ring (bicyclic) bond motifs is 1. The van der Waals surface area contributed by atoms with Gasteiger partial charge in [0.2, 0.25) is 5.91 Å². The summed E-state index contributed by atoms with van der Waals surface area (Å²) in [6.45, 7) is 0.994. The zero-order valence-corrected chi connectivity index (χ0v) is 17.2. The second-order valence-corrected chi connectivity index (χ2v) is 8.20. The maximum Gasteiger partial charge on any atom is 0.240 e. The van der Waals surface area contributed by atoms with Crippen LogP contribution < -0.4 is 4.74 Å². The molecule has 1 amide bonds. The Hall–Kier alpha value is -0.110. The number of hydrogen-bond donors (Lipinski definition) is 0. The average Bonchev–Trinajstić information content (AvgIpc) is 3.02. The molecular formula is C15H17Br3N2O2. The molecule has 2 aliphatic heterocycles. The van der Waals surface area contributed by atoms with E-state index in [2.05, 4.69) is 52.7 Å². The summed E-state index contributed by atoms with van der Waals surface area (Å²) >= 11 is 10.8. The molecule has 2 heterocycles. The van der Waals surface area contributed by atoms with Crippen molar-refractivity contribution in [2.45, 2.75) is 31.5 Å². The van der Waals surface area contributed by atoms with Gasteiger partial charge in [0.25, 0.3) is 0 Å². The number of hydrogen-bond acceptors (Lipinski definition) is 3. The van der Waals surface area contributed by atoms with Gasteiger partial charge in [-0.05, 0) is 56.3 Å². The molecule has 0 aromatic heterocycles. The summed E-state index contributed by atoms with van der Waals surface area (Å²) in [5.74, 6) is 1.03. The van der Waals surface area contributed by atoms with Crippen LogP contribution in [0.3, 0.4) is 0 Å². The number of ether oxygens (including phenoxy) is 1. The van der Waals surface area contributed by atoms with Crippen LogP contribution in [0.5, 0.6) is 5.75 Å². The van der Waals surface area contributed by atoms with Crippen molar-refractivity contribution in [2.24, 2.45) is 0 Å². The van der Waals surface area contributed by atoms with Gasteiger partial charge < -0.3 is 9.64 Å². The molecule has 0 N–H and O–H groups in total. The third-order valence-corrected chi connectivity index (χ3v) is 6.71. The second-order valence-electron chi connectivity index (χ2n) is 5.70. The van der Waals surface area contributed by atoms with E-state index in [1.807, 2.05) is 18.0 Å². The number of amides is 1. The van der Waals surface area contributed by atoms with Gasteiger partial charge >= 0.3 is 0 Å². The Morgan fingerprint density at radius 3 is 2.73 bits per heavy atom. The maximum absolute atomic E-state index is 12.4. The largest absolute Gasteiger partial charge is 0.494 e. The summed E-state index contributed by atoms with van der Waals surface area (Å²) < 4.78 is 8.30. The molecule has 2 atom stereocenters. The Morgan fingerprint density at radius 2 is 2.05 bits per heavy atom. The van der Waals surface area contributed by atoms with Gasteiger partial charge in [-0.3, -0.25) is 9.69 Å². The maximum atomic E-state index is 12.4. The first kappa shape index (κ1) is 16.7. The smallest absolute Gasteiger partial charge is 0.240 e. The second kappa shape index (κ2) is 6.42. The quantitative estimate of drug-likeness (QED) is 0.638. The molecule has 0 radical (unpaired) electrons. The molecule has 0 aliphatic carbocycles. The molecule has 7 heteroatoms.